The van der Waals surface area contributed by atoms with Crippen LogP contribution in [0.1, 0.15) is 69.0 Å². The Morgan fingerprint density at radius 3 is 2.52 bits per heavy atom. The van der Waals surface area contributed by atoms with Crippen molar-refractivity contribution in [3.05, 3.63) is 76.4 Å². The minimum atomic E-state index is -3.76. The summed E-state index contributed by atoms with van der Waals surface area (Å²) in [5, 5.41) is 24.1. The van der Waals surface area contributed by atoms with Crippen molar-refractivity contribution in [1.82, 2.24) is 34.9 Å². The minimum absolute atomic E-state index is 0.0720. The third kappa shape index (κ3) is 4.52. The number of carbonyl (C=O) groups is 2. The third-order valence-corrected chi connectivity index (χ3v) is 10.4. The fourth-order valence-corrected chi connectivity index (χ4v) is 7.33. The van der Waals surface area contributed by atoms with E-state index < -0.39 is 26.2 Å². The molecule has 0 atom stereocenters. The second-order valence-electron chi connectivity index (χ2n) is 10.7. The summed E-state index contributed by atoms with van der Waals surface area (Å²) in [6.45, 7) is 0.613. The fourth-order valence-electron chi connectivity index (χ4n) is 5.32. The second-order valence-corrected chi connectivity index (χ2v) is 12.8. The average Bonchev–Trinajstić information content (AvgIpc) is 3.88. The lowest BCUT2D eigenvalue weighted by Gasteiger charge is -2.31. The van der Waals surface area contributed by atoms with Gasteiger partial charge in [-0.05, 0) is 61.9 Å². The molecular weight excluding hydrogens is 532 g/mol. The number of fused-ring (bicyclic) bond motifs is 1. The maximum Gasteiger partial charge on any atom is 0.272 e. The van der Waals surface area contributed by atoms with Crippen LogP contribution in [0.15, 0.2) is 42.6 Å². The Morgan fingerprint density at radius 2 is 1.90 bits per heavy atom. The maximum atomic E-state index is 13.6. The van der Waals surface area contributed by atoms with E-state index in [1.165, 1.54) is 4.68 Å². The van der Waals surface area contributed by atoms with E-state index in [-0.39, 0.29) is 24.7 Å². The number of sulfonamides is 1. The zero-order valence-corrected chi connectivity index (χ0v) is 22.7. The normalized spacial score (nSPS) is 18.5. The number of hydrogen-bond acceptors (Lipinski definition) is 8. The average molecular weight is 561 g/mol. The first-order valence-corrected chi connectivity index (χ1v) is 14.6. The summed E-state index contributed by atoms with van der Waals surface area (Å²) in [4.78, 5) is 28.1. The van der Waals surface area contributed by atoms with E-state index in [9.17, 15) is 18.0 Å². The Hall–Kier alpha value is -4.15. The highest BCUT2D eigenvalue weighted by atomic mass is 32.2. The zero-order valence-electron chi connectivity index (χ0n) is 21.9. The van der Waals surface area contributed by atoms with Gasteiger partial charge in [0, 0.05) is 38.4 Å². The van der Waals surface area contributed by atoms with Crippen LogP contribution in [0.4, 0.5) is 0 Å². The van der Waals surface area contributed by atoms with Gasteiger partial charge < -0.3 is 10.2 Å². The number of rotatable bonds is 9. The summed E-state index contributed by atoms with van der Waals surface area (Å²) in [5.41, 5.74) is 2.29. The molecule has 1 aliphatic heterocycles. The molecule has 2 aliphatic carbocycles. The van der Waals surface area contributed by atoms with Crippen LogP contribution in [0.2, 0.25) is 0 Å². The Kier molecular flexibility index (Phi) is 6.19. The summed E-state index contributed by atoms with van der Waals surface area (Å²) in [6.07, 6.45) is 4.17. The van der Waals surface area contributed by atoms with E-state index in [1.807, 2.05) is 0 Å². The molecule has 2 aromatic heterocycles. The monoisotopic (exact) mass is 560 g/mol. The van der Waals surface area contributed by atoms with Crippen molar-refractivity contribution in [2.24, 2.45) is 7.05 Å². The molecule has 2 fully saturated rings. The van der Waals surface area contributed by atoms with Gasteiger partial charge in [-0.15, -0.1) is 0 Å². The molecule has 6 rings (SSSR count). The molecule has 1 aromatic carbocycles. The van der Waals surface area contributed by atoms with Gasteiger partial charge in [-0.25, -0.2) is 13.1 Å². The second kappa shape index (κ2) is 9.50. The predicted molar refractivity (Wildman–Crippen MR) is 142 cm³/mol. The van der Waals surface area contributed by atoms with Crippen molar-refractivity contribution in [2.45, 2.75) is 48.9 Å². The first-order chi connectivity index (χ1) is 19.2. The highest BCUT2D eigenvalue weighted by molar-refractivity contribution is 7.91. The smallest absolute Gasteiger partial charge is 0.272 e. The lowest BCUT2D eigenvalue weighted by molar-refractivity contribution is 0.0724. The molecule has 0 radical (unpaired) electrons. The highest BCUT2D eigenvalue weighted by Crippen LogP contribution is 2.50. The Labute approximate surface area is 231 Å². The van der Waals surface area contributed by atoms with Gasteiger partial charge in [-0.1, -0.05) is 12.1 Å². The van der Waals surface area contributed by atoms with Gasteiger partial charge in [-0.2, -0.15) is 20.6 Å². The highest BCUT2D eigenvalue weighted by Gasteiger charge is 2.60. The molecule has 2 amide bonds. The van der Waals surface area contributed by atoms with Crippen LogP contribution in [0.25, 0.3) is 0 Å². The molecule has 0 unspecified atom stereocenters. The first-order valence-electron chi connectivity index (χ1n) is 13.1. The Bertz CT molecular complexity index is 1640. The van der Waals surface area contributed by atoms with Gasteiger partial charge in [-0.3, -0.25) is 14.3 Å². The van der Waals surface area contributed by atoms with Crippen LogP contribution >= 0.6 is 0 Å². The predicted octanol–water partition coefficient (Wildman–Crippen LogP) is 1.15. The van der Waals surface area contributed by atoms with Crippen LogP contribution in [-0.2, 0) is 35.6 Å². The number of nitriles is 1. The number of amides is 2. The largest absolute Gasteiger partial charge is 0.347 e. The van der Waals surface area contributed by atoms with Crippen molar-refractivity contribution in [2.75, 3.05) is 13.1 Å². The molecular formula is C27H28N8O4S. The van der Waals surface area contributed by atoms with E-state index in [2.05, 4.69) is 31.4 Å². The van der Waals surface area contributed by atoms with Crippen molar-refractivity contribution in [3.63, 3.8) is 0 Å². The molecule has 40 heavy (non-hydrogen) atoms. The lowest BCUT2D eigenvalue weighted by Crippen LogP contribution is -2.50. The lowest BCUT2D eigenvalue weighted by atomic mass is 10.0. The van der Waals surface area contributed by atoms with Gasteiger partial charge in [0.15, 0.2) is 5.69 Å². The quantitative estimate of drug-likeness (QED) is 0.394. The van der Waals surface area contributed by atoms with Crippen molar-refractivity contribution in [1.29, 1.82) is 5.26 Å². The summed E-state index contributed by atoms with van der Waals surface area (Å²) < 4.78 is 30.4. The topological polar surface area (TPSA) is 163 Å². The molecule has 3 aromatic rings. The molecule has 2 saturated carbocycles. The number of benzene rings is 1. The van der Waals surface area contributed by atoms with E-state index >= 15 is 0 Å². The van der Waals surface area contributed by atoms with Crippen LogP contribution in [0.3, 0.4) is 0 Å². The van der Waals surface area contributed by atoms with Gasteiger partial charge in [0.2, 0.25) is 10.0 Å². The SMILES string of the molecule is Cn1nc(C(=O)NCc2ccc(C#N)cc2)c2c1C(=O)N(CC1(S(=O)(=O)NC3(c4cccnn4)CC3)CC1)CC2. The number of hydrogen-bond donors (Lipinski definition) is 2. The molecule has 13 heteroatoms. The number of aryl methyl sites for hydroxylation is 1. The molecule has 0 spiro atoms. The fraction of sp³-hybridized carbons (Fsp3) is 0.407. The molecule has 2 N–H and O–H groups in total. The maximum absolute atomic E-state index is 13.6. The van der Waals surface area contributed by atoms with E-state index in [0.29, 0.717) is 61.2 Å². The van der Waals surface area contributed by atoms with Crippen molar-refractivity contribution in [3.8, 4) is 6.07 Å². The third-order valence-electron chi connectivity index (χ3n) is 8.02. The molecule has 3 aliphatic rings. The minimum Gasteiger partial charge on any atom is -0.347 e. The van der Waals surface area contributed by atoms with Gasteiger partial charge in [0.1, 0.15) is 10.4 Å². The van der Waals surface area contributed by atoms with Gasteiger partial charge in [0.25, 0.3) is 11.8 Å². The summed E-state index contributed by atoms with van der Waals surface area (Å²) >= 11 is 0. The Morgan fingerprint density at radius 1 is 1.15 bits per heavy atom. The summed E-state index contributed by atoms with van der Waals surface area (Å²) in [6, 6.07) is 12.5. The standard InChI is InChI=1S/C27H28N8O4S/c1-34-23-20(22(32-34)24(36)29-16-19-6-4-18(15-28)5-7-19)8-14-35(25(23)37)17-26(9-10-26)40(38,39)33-27(11-12-27)21-3-2-13-30-31-21/h2-7,13,33H,8-12,14,16-17H2,1H3,(H,29,36). The van der Waals surface area contributed by atoms with E-state index in [4.69, 9.17) is 5.26 Å². The van der Waals surface area contributed by atoms with Crippen LogP contribution in [0, 0.1) is 11.3 Å². The van der Waals surface area contributed by atoms with Gasteiger partial charge in [0.05, 0.1) is 22.9 Å². The van der Waals surface area contributed by atoms with E-state index in [0.717, 1.165) is 5.56 Å². The Balaban J connectivity index is 1.15. The molecule has 12 nitrogen and oxygen atoms in total. The van der Waals surface area contributed by atoms with Crippen molar-refractivity contribution < 1.29 is 18.0 Å². The number of carbonyl (C=O) groups excluding carboxylic acids is 2. The number of aromatic nitrogens is 4. The van der Waals surface area contributed by atoms with Crippen molar-refractivity contribution >= 4 is 21.8 Å². The number of nitrogens with zero attached hydrogens (tertiary/aromatic N) is 6. The van der Waals surface area contributed by atoms with Crippen LogP contribution in [0.5, 0.6) is 0 Å². The van der Waals surface area contributed by atoms with Gasteiger partial charge >= 0.3 is 0 Å². The van der Waals surface area contributed by atoms with Crippen LogP contribution < -0.4 is 10.0 Å². The molecule has 0 bridgehead atoms. The molecule has 206 valence electrons. The number of nitrogens with one attached hydrogen (secondary N) is 2. The summed E-state index contributed by atoms with van der Waals surface area (Å²) in [5.74, 6) is -0.731. The summed E-state index contributed by atoms with van der Waals surface area (Å²) in [7, 11) is -2.15. The van der Waals surface area contributed by atoms with E-state index in [1.54, 1.807) is 54.5 Å². The zero-order chi connectivity index (χ0) is 28.1. The molecule has 0 saturated heterocycles. The first kappa shape index (κ1) is 26.1. The van der Waals surface area contributed by atoms with Crippen LogP contribution in [-0.4, -0.2) is 62.9 Å². The molecule has 3 heterocycles.